The molecule has 4 saturated heterocycles. The molecule has 4 bridgehead atoms. The van der Waals surface area contributed by atoms with Crippen LogP contribution in [-0.2, 0) is 114 Å². The van der Waals surface area contributed by atoms with E-state index in [-0.39, 0.29) is 166 Å². The monoisotopic (exact) mass is 2010 g/mol. The third kappa shape index (κ3) is 36.7. The first-order valence-electron chi connectivity index (χ1n) is 49.7. The molecule has 806 valence electrons. The van der Waals surface area contributed by atoms with E-state index in [9.17, 15) is 78.0 Å². The Balaban J connectivity index is 0.000000705. The van der Waals surface area contributed by atoms with Crippen LogP contribution in [0.25, 0.3) is 0 Å². The normalized spacial score (nSPS) is 38.0. The van der Waals surface area contributed by atoms with Gasteiger partial charge in [-0.3, -0.25) is 42.9 Å². The van der Waals surface area contributed by atoms with Gasteiger partial charge >= 0.3 is 11.9 Å². The maximum atomic E-state index is 14.5. The lowest BCUT2D eigenvalue weighted by Gasteiger charge is -2.42. The van der Waals surface area contributed by atoms with Gasteiger partial charge in [0.1, 0.15) is 54.2 Å². The van der Waals surface area contributed by atoms with Crippen molar-refractivity contribution in [1.29, 1.82) is 0 Å². The maximum absolute atomic E-state index is 14.5. The lowest BCUT2D eigenvalue weighted by Crippen LogP contribution is -2.62. The molecule has 8 aliphatic rings. The van der Waals surface area contributed by atoms with Crippen LogP contribution < -0.4 is 0 Å². The first-order chi connectivity index (χ1) is 64.7. The van der Waals surface area contributed by atoms with Crippen LogP contribution in [0.5, 0.6) is 0 Å². The molecule has 6 heterocycles. The molecule has 5 N–H and O–H groups in total. The molecular formula is C109H181N2O29P. The lowest BCUT2D eigenvalue weighted by atomic mass is 9.78. The Labute approximate surface area is 843 Å². The quantitative estimate of drug-likeness (QED) is 0.0391. The van der Waals surface area contributed by atoms with Crippen LogP contribution in [0.2, 0.25) is 0 Å². The molecule has 32 heteroatoms. The van der Waals surface area contributed by atoms with Crippen LogP contribution in [0.1, 0.15) is 261 Å². The zero-order valence-corrected chi connectivity index (χ0v) is 86.5. The Morgan fingerprint density at radius 2 is 0.887 bits per heavy atom. The predicted octanol–water partition coefficient (Wildman–Crippen LogP) is 15.3. The van der Waals surface area contributed by atoms with E-state index in [4.69, 9.17) is 61.4 Å². The highest BCUT2D eigenvalue weighted by molar-refractivity contribution is 7.57. The number of amides is 2. The van der Waals surface area contributed by atoms with E-state index in [1.165, 1.54) is 19.1 Å². The number of ketones is 6. The summed E-state index contributed by atoms with van der Waals surface area (Å²) in [7, 11) is 6.30. The first-order valence-corrected chi connectivity index (χ1v) is 52.3. The zero-order chi connectivity index (χ0) is 102. The van der Waals surface area contributed by atoms with Gasteiger partial charge in [0.15, 0.2) is 25.0 Å². The molecule has 30 atom stereocenters. The lowest BCUT2D eigenvalue weighted by molar-refractivity contribution is -0.266. The van der Waals surface area contributed by atoms with E-state index >= 15 is 0 Å². The van der Waals surface area contributed by atoms with E-state index < -0.39 is 169 Å². The van der Waals surface area contributed by atoms with Gasteiger partial charge in [0.2, 0.25) is 11.6 Å². The van der Waals surface area contributed by atoms with Gasteiger partial charge in [-0.25, -0.2) is 9.59 Å². The smallest absolute Gasteiger partial charge is 0.331 e. The Kier molecular flexibility index (Phi) is 55.9. The number of aliphatic hydroxyl groups is 5. The molecule has 0 unspecified atom stereocenters. The predicted molar refractivity (Wildman–Crippen MR) is 543 cm³/mol. The molecule has 2 amide bonds. The number of rotatable bonds is 17. The number of Topliss-reactive ketones (excluding diaryl/α,β-unsaturated/α-hetero) is 6. The first kappa shape index (κ1) is 129. The molecule has 141 heavy (non-hydrogen) atoms. The van der Waals surface area contributed by atoms with Gasteiger partial charge in [-0.1, -0.05) is 172 Å². The van der Waals surface area contributed by atoms with Gasteiger partial charge in [-0.2, -0.15) is 0 Å². The second kappa shape index (κ2) is 61.3. The molecular weight excluding hydrogens is 1830 g/mol. The van der Waals surface area contributed by atoms with Gasteiger partial charge < -0.3 is 96.7 Å². The van der Waals surface area contributed by atoms with Crippen molar-refractivity contribution >= 4 is 65.8 Å². The van der Waals surface area contributed by atoms with Crippen molar-refractivity contribution in [2.75, 3.05) is 95.5 Å². The number of hydrogen-bond donors (Lipinski definition) is 5. The molecule has 0 aromatic heterocycles. The number of allylic oxidation sites excluding steroid dienone is 12. The maximum Gasteiger partial charge on any atom is 0.331 e. The average Bonchev–Trinajstić information content (AvgIpc) is 0.779. The molecule has 2 saturated carbocycles. The summed E-state index contributed by atoms with van der Waals surface area (Å²) in [5.74, 6) is -16.6. The topological polar surface area (TPSA) is 415 Å². The largest absolute Gasteiger partial charge is 0.460 e. The highest BCUT2D eigenvalue weighted by Crippen LogP contribution is 2.46. The number of hydrogen-bond acceptors (Lipinski definition) is 29. The average molecular weight is 2010 g/mol. The molecule has 0 spiro atoms. The third-order valence-corrected chi connectivity index (χ3v) is 30.1. The van der Waals surface area contributed by atoms with Crippen molar-refractivity contribution in [2.24, 2.45) is 71.0 Å². The molecule has 6 fully saturated rings. The summed E-state index contributed by atoms with van der Waals surface area (Å²) < 4.78 is 89.3. The van der Waals surface area contributed by atoms with Crippen LogP contribution in [0, 0.1) is 71.0 Å². The van der Waals surface area contributed by atoms with Crippen molar-refractivity contribution in [3.8, 4) is 0 Å². The zero-order valence-electron chi connectivity index (χ0n) is 85.6. The highest BCUT2D eigenvalue weighted by Gasteiger charge is 2.56. The molecule has 0 aromatic rings. The molecule has 6 aliphatic heterocycles. The SMILES string of the molecule is C.C.C.C.CO[C@H]1C[C@@H]2CC[C@@H](C)[C@@](O)(O2)C(=O)C(=O)N2CCOC[C@H]2C(=O)O[C@H]([C@H](C)C[C@@H]2CC[C@@H](OP(C)(C)=O)[C@H](OC)C2)CC(=O)[C@H](C)/C=C(\C)[C@@H](O)[C@@H](OC)C(=O)[C@H](C)C[C@H](C)/C=C/C=C/C=C/1C.CO[C@H]1C[C@H]2CC[C@H](C)[C@](O)(O2)C(=O)C(=O)N2CCCC[C@H]2C(=O)O[C@H]([C@@H](C)C[C@@H]2CC[C@@H](OCCO)[C@H](OC)C2)CC(=O)[C@H](C)/C=C(\C)[C@@H](O)[C@@H](OC)C(=O)[C@H](C)C[C@H](C)/C=C/C=C/C=C/1C. The number of methoxy groups -OCH3 is 6. The standard InChI is InChI=1S/C53H83NO14.C52H82NO15P.4CH4/c1-32-16-12-11-13-17-33(2)44(63-8)30-40-21-19-38(7)53(62,68-40)50(59)51(60)54-23-15-14-18-41(54)52(61)67-45(35(4)28-39-20-22-43(66-25-24-55)46(29-39)64-9)31-42(56)34(3)27-37(6)48(58)49(65-10)47(57)36(5)26-32;1-31-16-14-13-15-17-32(2)43(62-8)28-39-20-18-37(7)52(60,67-39)49(57)50(58)53-22-23-65-30-40(53)51(59)66-44(34(4)26-38-19-21-42(45(27-38)63-9)68-69(11,12)61)29-41(54)33(3)25-36(6)47(56)48(64-10)46(55)35(5)24-31;;;;/h11-13,16-17,27,32,34-36,38-41,43-46,48-49,55,58,62H,14-15,18-26,28-31H2,1-10H3;13-17,25,31,33-35,37-40,42-45,47-48,56,60H,18-24,26-30H2,1-12H3;4*1H4/b13-11+,16-12+,33-17+,37-27+;15-13+,16-14+,32-17+,36-25+;;;;/t32-,34-,35+,36-,38+,39+,40-,41+,43-,44+,45+,46-,48-,49+,53+;31-,33-,34-,35-,37-,38+,39+,40+,42-,43+,44+,45-,47-,48+,52-;;;;/m11..../s1. The summed E-state index contributed by atoms with van der Waals surface area (Å²) in [6.45, 7) is 28.1. The van der Waals surface area contributed by atoms with Gasteiger partial charge in [0, 0.05) is 130 Å². The van der Waals surface area contributed by atoms with Crippen molar-refractivity contribution in [3.05, 3.63) is 95.2 Å². The van der Waals surface area contributed by atoms with Crippen molar-refractivity contribution in [2.45, 2.75) is 371 Å². The summed E-state index contributed by atoms with van der Waals surface area (Å²) in [5.41, 5.74) is 2.49. The number of aliphatic hydroxyl groups excluding tert-OH is 3. The van der Waals surface area contributed by atoms with Crippen LogP contribution in [-0.4, -0.2) is 298 Å². The van der Waals surface area contributed by atoms with Crippen molar-refractivity contribution in [3.63, 3.8) is 0 Å². The number of carbonyl (C=O) groups excluding carboxylic acids is 10. The number of nitrogens with zero attached hydrogens (tertiary/aromatic N) is 2. The number of morpholine rings is 1. The fourth-order valence-corrected chi connectivity index (χ4v) is 21.6. The summed E-state index contributed by atoms with van der Waals surface area (Å²) in [5, 5.41) is 56.2. The summed E-state index contributed by atoms with van der Waals surface area (Å²) in [6.07, 6.45) is 21.6. The Bertz CT molecular complexity index is 4280. The van der Waals surface area contributed by atoms with Crippen molar-refractivity contribution < 1.29 is 139 Å². The number of esters is 2. The number of piperidine rings is 1. The summed E-state index contributed by atoms with van der Waals surface area (Å²) in [6, 6.07) is -2.52. The molecule has 0 aromatic carbocycles. The van der Waals surface area contributed by atoms with Crippen LogP contribution in [0.15, 0.2) is 95.2 Å². The number of ether oxygens (including phenoxy) is 12. The number of carbonyl (C=O) groups is 10. The van der Waals surface area contributed by atoms with E-state index in [2.05, 4.69) is 0 Å². The Hall–Kier alpha value is -6.59. The summed E-state index contributed by atoms with van der Waals surface area (Å²) in [4.78, 5) is 144. The van der Waals surface area contributed by atoms with E-state index in [1.807, 2.05) is 109 Å². The molecule has 2 aliphatic carbocycles. The van der Waals surface area contributed by atoms with Gasteiger partial charge in [0.25, 0.3) is 23.4 Å². The van der Waals surface area contributed by atoms with Gasteiger partial charge in [-0.15, -0.1) is 0 Å². The number of cyclic esters (lactones) is 2. The van der Waals surface area contributed by atoms with E-state index in [1.54, 1.807) is 102 Å². The minimum atomic E-state index is -2.80. The fraction of sp³-hybridized carbons (Fsp3) is 0.761. The number of fused-ring (bicyclic) bond motifs is 6. The molecule has 0 radical (unpaired) electrons. The Morgan fingerprint density at radius 3 is 1.29 bits per heavy atom. The van der Waals surface area contributed by atoms with E-state index in [0.717, 1.165) is 22.5 Å². The second-order valence-electron chi connectivity index (χ2n) is 40.7. The minimum Gasteiger partial charge on any atom is -0.460 e. The van der Waals surface area contributed by atoms with E-state index in [0.29, 0.717) is 120 Å². The van der Waals surface area contributed by atoms with Crippen LogP contribution in [0.4, 0.5) is 0 Å². The fourth-order valence-electron chi connectivity index (χ4n) is 20.7. The third-order valence-electron chi connectivity index (χ3n) is 29.3. The highest BCUT2D eigenvalue weighted by atomic mass is 31.2. The molecule has 31 nitrogen and oxygen atoms in total. The van der Waals surface area contributed by atoms with Crippen molar-refractivity contribution in [1.82, 2.24) is 9.80 Å². The minimum absolute atomic E-state index is 0. The summed E-state index contributed by atoms with van der Waals surface area (Å²) >= 11 is 0. The Morgan fingerprint density at radius 1 is 0.475 bits per heavy atom. The van der Waals surface area contributed by atoms with Gasteiger partial charge in [-0.05, 0) is 195 Å². The van der Waals surface area contributed by atoms with Crippen LogP contribution >= 0.6 is 7.37 Å². The molecule has 8 rings (SSSR count). The second-order valence-corrected chi connectivity index (χ2v) is 43.4. The van der Waals surface area contributed by atoms with Gasteiger partial charge in [0.05, 0.1) is 75.3 Å². The van der Waals surface area contributed by atoms with Crippen LogP contribution in [0.3, 0.4) is 0 Å².